The predicted molar refractivity (Wildman–Crippen MR) is 68.2 cm³/mol. The Bertz CT molecular complexity index is 519. The van der Waals surface area contributed by atoms with Crippen molar-refractivity contribution < 1.29 is 9.52 Å². The second-order valence-electron chi connectivity index (χ2n) is 5.07. The third kappa shape index (κ3) is 1.87. The average molecular weight is 230 g/mol. The molecule has 2 nitrogen and oxygen atoms in total. The van der Waals surface area contributed by atoms with E-state index in [9.17, 15) is 5.11 Å². The number of aryl methyl sites for hydroxylation is 1. The van der Waals surface area contributed by atoms with Crippen LogP contribution in [0.25, 0.3) is 11.0 Å². The lowest BCUT2D eigenvalue weighted by Gasteiger charge is -2.25. The van der Waals surface area contributed by atoms with Gasteiger partial charge in [-0.2, -0.15) is 0 Å². The van der Waals surface area contributed by atoms with E-state index in [4.69, 9.17) is 4.42 Å². The van der Waals surface area contributed by atoms with Crippen LogP contribution in [0.5, 0.6) is 0 Å². The summed E-state index contributed by atoms with van der Waals surface area (Å²) in [5.74, 6) is 1.61. The highest BCUT2D eigenvalue weighted by Gasteiger charge is 2.25. The quantitative estimate of drug-likeness (QED) is 0.809. The molecule has 1 N–H and O–H groups in total. The van der Waals surface area contributed by atoms with Crippen molar-refractivity contribution >= 4 is 11.0 Å². The van der Waals surface area contributed by atoms with Crippen LogP contribution in [0.1, 0.15) is 42.9 Å². The van der Waals surface area contributed by atoms with Gasteiger partial charge in [-0.05, 0) is 44.6 Å². The fourth-order valence-electron chi connectivity index (χ4n) is 3.06. The molecule has 1 aliphatic rings. The molecule has 2 heteroatoms. The van der Waals surface area contributed by atoms with Crippen molar-refractivity contribution in [2.24, 2.45) is 0 Å². The smallest absolute Gasteiger partial charge is 0.134 e. The highest BCUT2D eigenvalue weighted by molar-refractivity contribution is 5.82. The Kier molecular flexibility index (Phi) is 2.67. The summed E-state index contributed by atoms with van der Waals surface area (Å²) >= 11 is 0. The van der Waals surface area contributed by atoms with Crippen molar-refractivity contribution in [3.63, 3.8) is 0 Å². The molecule has 1 aromatic carbocycles. The number of para-hydroxylation sites is 1. The second kappa shape index (κ2) is 4.19. The van der Waals surface area contributed by atoms with Gasteiger partial charge in [0.1, 0.15) is 11.3 Å². The second-order valence-corrected chi connectivity index (χ2v) is 5.07. The zero-order valence-corrected chi connectivity index (χ0v) is 10.1. The molecule has 0 unspecified atom stereocenters. The molecule has 0 atom stereocenters. The first-order valence-electron chi connectivity index (χ1n) is 6.42. The van der Waals surface area contributed by atoms with Gasteiger partial charge in [-0.3, -0.25) is 0 Å². The fraction of sp³-hybridized carbons (Fsp3) is 0.467. The number of benzene rings is 1. The maximum absolute atomic E-state index is 9.58. The van der Waals surface area contributed by atoms with E-state index in [-0.39, 0.29) is 6.10 Å². The molecule has 0 aliphatic heterocycles. The molecule has 1 saturated carbocycles. The summed E-state index contributed by atoms with van der Waals surface area (Å²) in [4.78, 5) is 0. The average Bonchev–Trinajstić information content (AvgIpc) is 2.66. The third-order valence-electron chi connectivity index (χ3n) is 3.92. The molecule has 0 radical (unpaired) electrons. The number of aliphatic hydroxyl groups is 1. The van der Waals surface area contributed by atoms with Crippen molar-refractivity contribution in [1.29, 1.82) is 0 Å². The Hall–Kier alpha value is -1.28. The topological polar surface area (TPSA) is 33.4 Å². The van der Waals surface area contributed by atoms with Gasteiger partial charge in [-0.25, -0.2) is 0 Å². The molecule has 1 heterocycles. The maximum Gasteiger partial charge on any atom is 0.134 e. The van der Waals surface area contributed by atoms with Crippen LogP contribution < -0.4 is 0 Å². The predicted octanol–water partition coefficient (Wildman–Crippen LogP) is 3.76. The van der Waals surface area contributed by atoms with Gasteiger partial charge in [0.05, 0.1) is 6.10 Å². The van der Waals surface area contributed by atoms with E-state index in [1.807, 2.05) is 12.1 Å². The SMILES string of the molecule is Cc1oc2ccccc2c1C1CCC(O)CC1. The molecule has 1 aliphatic carbocycles. The lowest BCUT2D eigenvalue weighted by atomic mass is 9.82. The molecule has 17 heavy (non-hydrogen) atoms. The first-order chi connectivity index (χ1) is 8.25. The first kappa shape index (κ1) is 10.8. The number of furan rings is 1. The Morgan fingerprint density at radius 1 is 1.12 bits per heavy atom. The molecule has 1 fully saturated rings. The summed E-state index contributed by atoms with van der Waals surface area (Å²) in [6.07, 6.45) is 3.90. The minimum absolute atomic E-state index is 0.0929. The van der Waals surface area contributed by atoms with Gasteiger partial charge in [0.2, 0.25) is 0 Å². The number of rotatable bonds is 1. The Morgan fingerprint density at radius 2 is 1.82 bits per heavy atom. The minimum atomic E-state index is -0.0929. The zero-order chi connectivity index (χ0) is 11.8. The van der Waals surface area contributed by atoms with E-state index >= 15 is 0 Å². The molecule has 1 aromatic heterocycles. The zero-order valence-electron chi connectivity index (χ0n) is 10.1. The van der Waals surface area contributed by atoms with Crippen LogP contribution in [0.3, 0.4) is 0 Å². The van der Waals surface area contributed by atoms with Crippen LogP contribution >= 0.6 is 0 Å². The molecule has 90 valence electrons. The van der Waals surface area contributed by atoms with Gasteiger partial charge in [-0.1, -0.05) is 18.2 Å². The van der Waals surface area contributed by atoms with Gasteiger partial charge >= 0.3 is 0 Å². The lowest BCUT2D eigenvalue weighted by Crippen LogP contribution is -2.17. The van der Waals surface area contributed by atoms with Crippen molar-refractivity contribution in [3.8, 4) is 0 Å². The van der Waals surface area contributed by atoms with Crippen LogP contribution in [-0.4, -0.2) is 11.2 Å². The normalized spacial score (nSPS) is 25.3. The van der Waals surface area contributed by atoms with E-state index in [2.05, 4.69) is 19.1 Å². The van der Waals surface area contributed by atoms with Gasteiger partial charge < -0.3 is 9.52 Å². The largest absolute Gasteiger partial charge is 0.461 e. The van der Waals surface area contributed by atoms with Crippen LogP contribution in [0.15, 0.2) is 28.7 Å². The summed E-state index contributed by atoms with van der Waals surface area (Å²) in [6, 6.07) is 8.26. The Labute approximate surface area is 101 Å². The standard InChI is InChI=1S/C15H18O2/c1-10-15(11-6-8-12(16)9-7-11)13-4-2-3-5-14(13)17-10/h2-5,11-12,16H,6-9H2,1H3. The summed E-state index contributed by atoms with van der Waals surface area (Å²) in [7, 11) is 0. The Morgan fingerprint density at radius 3 is 2.59 bits per heavy atom. The third-order valence-corrected chi connectivity index (χ3v) is 3.92. The molecule has 0 spiro atoms. The number of aliphatic hydroxyl groups excluding tert-OH is 1. The first-order valence-corrected chi connectivity index (χ1v) is 6.42. The number of hydrogen-bond acceptors (Lipinski definition) is 2. The summed E-state index contributed by atoms with van der Waals surface area (Å²) in [5.41, 5.74) is 2.36. The molecule has 0 bridgehead atoms. The van der Waals surface area contributed by atoms with Gasteiger partial charge in [-0.15, -0.1) is 0 Å². The molecule has 0 amide bonds. The van der Waals surface area contributed by atoms with Gasteiger partial charge in [0.25, 0.3) is 0 Å². The van der Waals surface area contributed by atoms with Gasteiger partial charge in [0.15, 0.2) is 0 Å². The van der Waals surface area contributed by atoms with Crippen molar-refractivity contribution in [1.82, 2.24) is 0 Å². The number of fused-ring (bicyclic) bond motifs is 1. The van der Waals surface area contributed by atoms with Crippen molar-refractivity contribution in [2.45, 2.75) is 44.6 Å². The minimum Gasteiger partial charge on any atom is -0.461 e. The monoisotopic (exact) mass is 230 g/mol. The lowest BCUT2D eigenvalue weighted by molar-refractivity contribution is 0.122. The summed E-state index contributed by atoms with van der Waals surface area (Å²) in [5, 5.41) is 10.8. The maximum atomic E-state index is 9.58. The molecule has 0 saturated heterocycles. The van der Waals surface area contributed by atoms with E-state index in [1.165, 1.54) is 10.9 Å². The van der Waals surface area contributed by atoms with Crippen molar-refractivity contribution in [3.05, 3.63) is 35.6 Å². The van der Waals surface area contributed by atoms with E-state index in [0.29, 0.717) is 5.92 Å². The van der Waals surface area contributed by atoms with Crippen LogP contribution in [0.2, 0.25) is 0 Å². The molecular weight excluding hydrogens is 212 g/mol. The van der Waals surface area contributed by atoms with Crippen LogP contribution in [0, 0.1) is 6.92 Å². The van der Waals surface area contributed by atoms with Crippen molar-refractivity contribution in [2.75, 3.05) is 0 Å². The highest BCUT2D eigenvalue weighted by atomic mass is 16.3. The fourth-order valence-corrected chi connectivity index (χ4v) is 3.06. The molecule has 2 aromatic rings. The molecular formula is C15H18O2. The van der Waals surface area contributed by atoms with E-state index < -0.39 is 0 Å². The van der Waals surface area contributed by atoms with Crippen LogP contribution in [0.4, 0.5) is 0 Å². The Balaban J connectivity index is 2.02. The summed E-state index contributed by atoms with van der Waals surface area (Å²) in [6.45, 7) is 2.06. The number of hydrogen-bond donors (Lipinski definition) is 1. The van der Waals surface area contributed by atoms with E-state index in [1.54, 1.807) is 0 Å². The van der Waals surface area contributed by atoms with E-state index in [0.717, 1.165) is 37.0 Å². The van der Waals surface area contributed by atoms with Crippen LogP contribution in [-0.2, 0) is 0 Å². The summed E-state index contributed by atoms with van der Waals surface area (Å²) < 4.78 is 5.82. The van der Waals surface area contributed by atoms with Gasteiger partial charge in [0, 0.05) is 10.9 Å². The molecule has 3 rings (SSSR count). The highest BCUT2D eigenvalue weighted by Crippen LogP contribution is 2.39.